The molecule has 178 valence electrons. The number of hydrogen-bond donors (Lipinski definition) is 0. The maximum absolute atomic E-state index is 13.3. The van der Waals surface area contributed by atoms with Crippen LogP contribution in [0.4, 0.5) is 0 Å². The molecule has 0 aromatic heterocycles. The maximum atomic E-state index is 13.3. The predicted molar refractivity (Wildman–Crippen MR) is 126 cm³/mol. The summed E-state index contributed by atoms with van der Waals surface area (Å²) in [6.07, 6.45) is 4.40. The molecule has 2 amide bonds. The Morgan fingerprint density at radius 2 is 1.78 bits per heavy atom. The Labute approximate surface area is 193 Å². The predicted octanol–water partition coefficient (Wildman–Crippen LogP) is 4.05. The third-order valence-electron chi connectivity index (χ3n) is 6.51. The summed E-state index contributed by atoms with van der Waals surface area (Å²) in [6.45, 7) is 10.7. The minimum atomic E-state index is -0.362. The molecule has 1 atom stereocenters. The van der Waals surface area contributed by atoms with Crippen molar-refractivity contribution in [3.63, 3.8) is 0 Å². The highest BCUT2D eigenvalue weighted by Gasteiger charge is 2.37. The van der Waals surface area contributed by atoms with E-state index in [0.29, 0.717) is 31.5 Å². The standard InChI is InChI=1S/C26H40N2O4/c1-18(2)13-23(14-19(3)4)32-17-25(29)28-11-6-7-24(28)26(30)27-12-10-20-15-22(31-5)9-8-21(20)16-27/h8-9,15,18-19,23-24H,6-7,10-14,16-17H2,1-5H3/t24-/m0/s1. The molecule has 0 unspecified atom stereocenters. The summed E-state index contributed by atoms with van der Waals surface area (Å²) < 4.78 is 11.4. The van der Waals surface area contributed by atoms with E-state index in [-0.39, 0.29) is 30.6 Å². The fourth-order valence-electron chi connectivity index (χ4n) is 4.93. The van der Waals surface area contributed by atoms with E-state index < -0.39 is 0 Å². The average Bonchev–Trinajstić information content (AvgIpc) is 3.25. The van der Waals surface area contributed by atoms with Gasteiger partial charge in [-0.25, -0.2) is 0 Å². The first-order chi connectivity index (χ1) is 15.3. The van der Waals surface area contributed by atoms with E-state index in [4.69, 9.17) is 9.47 Å². The molecule has 6 nitrogen and oxygen atoms in total. The molecular formula is C26H40N2O4. The Hall–Kier alpha value is -2.08. The summed E-state index contributed by atoms with van der Waals surface area (Å²) >= 11 is 0. The molecular weight excluding hydrogens is 404 g/mol. The van der Waals surface area contributed by atoms with E-state index >= 15 is 0 Å². The molecule has 1 fully saturated rings. The number of nitrogens with zero attached hydrogens (tertiary/aromatic N) is 2. The highest BCUT2D eigenvalue weighted by Crippen LogP contribution is 2.27. The van der Waals surface area contributed by atoms with Gasteiger partial charge in [-0.3, -0.25) is 9.59 Å². The van der Waals surface area contributed by atoms with Crippen molar-refractivity contribution in [2.45, 2.75) is 78.5 Å². The molecule has 0 aliphatic carbocycles. The van der Waals surface area contributed by atoms with Gasteiger partial charge in [0.25, 0.3) is 0 Å². The van der Waals surface area contributed by atoms with Crippen LogP contribution in [-0.2, 0) is 27.3 Å². The molecule has 6 heteroatoms. The maximum Gasteiger partial charge on any atom is 0.249 e. The Bertz CT molecular complexity index is 782. The third kappa shape index (κ3) is 6.25. The minimum Gasteiger partial charge on any atom is -0.497 e. The summed E-state index contributed by atoms with van der Waals surface area (Å²) in [5.74, 6) is 1.91. The number of benzene rings is 1. The van der Waals surface area contributed by atoms with Crippen LogP contribution in [0.5, 0.6) is 5.75 Å². The number of carbonyl (C=O) groups excluding carboxylic acids is 2. The molecule has 3 rings (SSSR count). The first-order valence-electron chi connectivity index (χ1n) is 12.1. The molecule has 2 aliphatic rings. The molecule has 0 N–H and O–H groups in total. The van der Waals surface area contributed by atoms with Crippen molar-refractivity contribution in [1.82, 2.24) is 9.80 Å². The lowest BCUT2D eigenvalue weighted by Crippen LogP contribution is -2.50. The van der Waals surface area contributed by atoms with E-state index in [1.807, 2.05) is 17.0 Å². The van der Waals surface area contributed by atoms with Gasteiger partial charge in [-0.05, 0) is 67.2 Å². The molecule has 0 bridgehead atoms. The van der Waals surface area contributed by atoms with Gasteiger partial charge in [-0.2, -0.15) is 0 Å². The second-order valence-corrected chi connectivity index (χ2v) is 10.1. The quantitative estimate of drug-likeness (QED) is 0.577. The van der Waals surface area contributed by atoms with Crippen molar-refractivity contribution < 1.29 is 19.1 Å². The summed E-state index contributed by atoms with van der Waals surface area (Å²) in [5, 5.41) is 0. The van der Waals surface area contributed by atoms with Crippen LogP contribution in [0.25, 0.3) is 0 Å². The first kappa shape index (κ1) is 24.6. The van der Waals surface area contributed by atoms with Gasteiger partial charge in [-0.15, -0.1) is 0 Å². The SMILES string of the molecule is COc1ccc2c(c1)CCN(C(=O)[C@@H]1CCCN1C(=O)COC(CC(C)C)CC(C)C)C2. The van der Waals surface area contributed by atoms with Gasteiger partial charge in [0.2, 0.25) is 11.8 Å². The van der Waals surface area contributed by atoms with Crippen LogP contribution in [0.2, 0.25) is 0 Å². The first-order valence-corrected chi connectivity index (χ1v) is 12.1. The number of fused-ring (bicyclic) bond motifs is 1. The molecule has 1 saturated heterocycles. The van der Waals surface area contributed by atoms with Crippen molar-refractivity contribution in [1.29, 1.82) is 0 Å². The zero-order valence-corrected chi connectivity index (χ0v) is 20.4. The molecule has 32 heavy (non-hydrogen) atoms. The number of carbonyl (C=O) groups is 2. The topological polar surface area (TPSA) is 59.1 Å². The average molecular weight is 445 g/mol. The fraction of sp³-hybridized carbons (Fsp3) is 0.692. The highest BCUT2D eigenvalue weighted by atomic mass is 16.5. The second kappa shape index (κ2) is 11.2. The number of methoxy groups -OCH3 is 1. The van der Waals surface area contributed by atoms with Crippen molar-refractivity contribution >= 4 is 11.8 Å². The van der Waals surface area contributed by atoms with Crippen LogP contribution in [0, 0.1) is 11.8 Å². The van der Waals surface area contributed by atoms with Gasteiger partial charge in [-0.1, -0.05) is 33.8 Å². The van der Waals surface area contributed by atoms with Gasteiger partial charge in [0, 0.05) is 19.6 Å². The number of amides is 2. The van der Waals surface area contributed by atoms with Gasteiger partial charge in [0.1, 0.15) is 18.4 Å². The monoisotopic (exact) mass is 444 g/mol. The second-order valence-electron chi connectivity index (χ2n) is 10.1. The van der Waals surface area contributed by atoms with Crippen LogP contribution in [-0.4, -0.2) is 60.6 Å². The molecule has 0 radical (unpaired) electrons. The summed E-state index contributed by atoms with van der Waals surface area (Å²) in [6, 6.07) is 5.69. The van der Waals surface area contributed by atoms with Gasteiger partial charge < -0.3 is 19.3 Å². The van der Waals surface area contributed by atoms with Crippen LogP contribution < -0.4 is 4.74 Å². The van der Waals surface area contributed by atoms with Gasteiger partial charge in [0.05, 0.1) is 13.2 Å². The largest absolute Gasteiger partial charge is 0.497 e. The summed E-state index contributed by atoms with van der Waals surface area (Å²) in [5.41, 5.74) is 2.40. The Morgan fingerprint density at radius 1 is 1.06 bits per heavy atom. The zero-order chi connectivity index (χ0) is 23.3. The van der Waals surface area contributed by atoms with E-state index in [1.54, 1.807) is 12.0 Å². The molecule has 2 heterocycles. The lowest BCUT2D eigenvalue weighted by molar-refractivity contribution is -0.148. The van der Waals surface area contributed by atoms with Gasteiger partial charge in [0.15, 0.2) is 0 Å². The Balaban J connectivity index is 1.59. The number of rotatable bonds is 9. The Morgan fingerprint density at radius 3 is 2.44 bits per heavy atom. The molecule has 1 aromatic rings. The number of likely N-dealkylation sites (tertiary alicyclic amines) is 1. The molecule has 1 aromatic carbocycles. The smallest absolute Gasteiger partial charge is 0.249 e. The lowest BCUT2D eigenvalue weighted by atomic mass is 9.98. The normalized spacial score (nSPS) is 18.6. The van der Waals surface area contributed by atoms with Crippen LogP contribution in [0.1, 0.15) is 64.5 Å². The Kier molecular flexibility index (Phi) is 8.57. The number of ether oxygens (including phenoxy) is 2. The summed E-state index contributed by atoms with van der Waals surface area (Å²) in [4.78, 5) is 30.0. The van der Waals surface area contributed by atoms with E-state index in [0.717, 1.165) is 43.4 Å². The van der Waals surface area contributed by atoms with Gasteiger partial charge >= 0.3 is 0 Å². The van der Waals surface area contributed by atoms with Crippen LogP contribution in [0.3, 0.4) is 0 Å². The minimum absolute atomic E-state index is 0.0551. The number of hydrogen-bond acceptors (Lipinski definition) is 4. The van der Waals surface area contributed by atoms with Crippen molar-refractivity contribution in [3.05, 3.63) is 29.3 Å². The zero-order valence-electron chi connectivity index (χ0n) is 20.4. The third-order valence-corrected chi connectivity index (χ3v) is 6.51. The molecule has 0 saturated carbocycles. The van der Waals surface area contributed by atoms with Crippen LogP contribution in [0.15, 0.2) is 18.2 Å². The fourth-order valence-corrected chi connectivity index (χ4v) is 4.93. The van der Waals surface area contributed by atoms with E-state index in [1.165, 1.54) is 5.56 Å². The summed E-state index contributed by atoms with van der Waals surface area (Å²) in [7, 11) is 1.67. The van der Waals surface area contributed by atoms with Crippen molar-refractivity contribution in [2.24, 2.45) is 11.8 Å². The molecule has 2 aliphatic heterocycles. The van der Waals surface area contributed by atoms with Crippen LogP contribution >= 0.6 is 0 Å². The lowest BCUT2D eigenvalue weighted by Gasteiger charge is -2.34. The van der Waals surface area contributed by atoms with Crippen molar-refractivity contribution in [2.75, 3.05) is 26.8 Å². The van der Waals surface area contributed by atoms with Crippen molar-refractivity contribution in [3.8, 4) is 5.75 Å². The van der Waals surface area contributed by atoms with E-state index in [9.17, 15) is 9.59 Å². The van der Waals surface area contributed by atoms with E-state index in [2.05, 4.69) is 33.8 Å². The molecule has 0 spiro atoms. The highest BCUT2D eigenvalue weighted by molar-refractivity contribution is 5.89.